The molecular formula is C17H27N3O. The number of ether oxygens (including phenoxy) is 1. The van der Waals surface area contributed by atoms with Gasteiger partial charge in [0.05, 0.1) is 6.54 Å². The van der Waals surface area contributed by atoms with Crippen molar-refractivity contribution in [1.29, 1.82) is 0 Å². The molecule has 21 heavy (non-hydrogen) atoms. The average molecular weight is 289 g/mol. The molecule has 0 spiro atoms. The van der Waals surface area contributed by atoms with Gasteiger partial charge < -0.3 is 15.4 Å². The van der Waals surface area contributed by atoms with Crippen LogP contribution < -0.4 is 15.4 Å². The third-order valence-corrected chi connectivity index (χ3v) is 3.04. The summed E-state index contributed by atoms with van der Waals surface area (Å²) in [6.07, 6.45) is 5.24. The number of allylic oxidation sites excluding steroid dienone is 1. The summed E-state index contributed by atoms with van der Waals surface area (Å²) < 4.78 is 5.93. The fourth-order valence-corrected chi connectivity index (χ4v) is 1.85. The molecule has 0 saturated carbocycles. The van der Waals surface area contributed by atoms with Crippen molar-refractivity contribution in [3.8, 4) is 5.75 Å². The van der Waals surface area contributed by atoms with E-state index in [-0.39, 0.29) is 6.10 Å². The molecule has 0 bridgehead atoms. The Bertz CT molecular complexity index is 469. The molecule has 0 saturated heterocycles. The number of rotatable bonds is 7. The van der Waals surface area contributed by atoms with E-state index in [2.05, 4.69) is 40.8 Å². The number of hydrogen-bond donors (Lipinski definition) is 2. The Morgan fingerprint density at radius 3 is 2.76 bits per heavy atom. The molecule has 0 amide bonds. The van der Waals surface area contributed by atoms with Crippen LogP contribution in [0.1, 0.15) is 25.8 Å². The van der Waals surface area contributed by atoms with Crippen LogP contribution in [0.3, 0.4) is 0 Å². The SMILES string of the molecule is C/C=C/CCNC(=NC)NCC(C)Oc1ccccc1C. The Balaban J connectivity index is 2.34. The Labute approximate surface area is 128 Å². The average Bonchev–Trinajstić information content (AvgIpc) is 2.49. The number of nitrogens with zero attached hydrogens (tertiary/aromatic N) is 1. The fourth-order valence-electron chi connectivity index (χ4n) is 1.85. The maximum absolute atomic E-state index is 5.93. The van der Waals surface area contributed by atoms with E-state index in [1.165, 1.54) is 0 Å². The van der Waals surface area contributed by atoms with Gasteiger partial charge in [-0.1, -0.05) is 30.4 Å². The van der Waals surface area contributed by atoms with Crippen LogP contribution >= 0.6 is 0 Å². The van der Waals surface area contributed by atoms with Crippen molar-refractivity contribution in [3.63, 3.8) is 0 Å². The van der Waals surface area contributed by atoms with E-state index >= 15 is 0 Å². The van der Waals surface area contributed by atoms with Gasteiger partial charge in [-0.3, -0.25) is 4.99 Å². The lowest BCUT2D eigenvalue weighted by Gasteiger charge is -2.18. The number of para-hydroxylation sites is 1. The van der Waals surface area contributed by atoms with Crippen LogP contribution in [0, 0.1) is 6.92 Å². The smallest absolute Gasteiger partial charge is 0.191 e. The minimum atomic E-state index is 0.0696. The lowest BCUT2D eigenvalue weighted by Crippen LogP contribution is -2.42. The van der Waals surface area contributed by atoms with Crippen LogP contribution in [0.2, 0.25) is 0 Å². The molecule has 1 aromatic rings. The monoisotopic (exact) mass is 289 g/mol. The van der Waals surface area contributed by atoms with E-state index in [9.17, 15) is 0 Å². The second-order valence-corrected chi connectivity index (χ2v) is 4.93. The summed E-state index contributed by atoms with van der Waals surface area (Å²) >= 11 is 0. The van der Waals surface area contributed by atoms with Gasteiger partial charge in [-0.2, -0.15) is 0 Å². The Morgan fingerprint density at radius 2 is 2.10 bits per heavy atom. The number of aliphatic imine (C=N–C) groups is 1. The zero-order valence-corrected chi connectivity index (χ0v) is 13.5. The lowest BCUT2D eigenvalue weighted by molar-refractivity contribution is 0.222. The van der Waals surface area contributed by atoms with E-state index in [0.717, 1.165) is 30.2 Å². The zero-order valence-electron chi connectivity index (χ0n) is 13.5. The maximum atomic E-state index is 5.93. The maximum Gasteiger partial charge on any atom is 0.191 e. The molecule has 0 aromatic heterocycles. The van der Waals surface area contributed by atoms with Crippen molar-refractivity contribution < 1.29 is 4.74 Å². The molecule has 1 unspecified atom stereocenters. The zero-order chi connectivity index (χ0) is 15.5. The molecule has 0 aliphatic carbocycles. The first-order chi connectivity index (χ1) is 10.2. The van der Waals surface area contributed by atoms with E-state index in [1.807, 2.05) is 32.0 Å². The largest absolute Gasteiger partial charge is 0.489 e. The molecule has 116 valence electrons. The molecule has 1 aromatic carbocycles. The lowest BCUT2D eigenvalue weighted by atomic mass is 10.2. The summed E-state index contributed by atoms with van der Waals surface area (Å²) in [6.45, 7) is 7.70. The van der Waals surface area contributed by atoms with Crippen molar-refractivity contribution in [3.05, 3.63) is 42.0 Å². The molecule has 1 rings (SSSR count). The van der Waals surface area contributed by atoms with Crippen molar-refractivity contribution in [2.45, 2.75) is 33.3 Å². The van der Waals surface area contributed by atoms with Crippen LogP contribution in [0.25, 0.3) is 0 Å². The van der Waals surface area contributed by atoms with Crippen LogP contribution in [-0.4, -0.2) is 32.2 Å². The molecule has 0 aliphatic heterocycles. The summed E-state index contributed by atoms with van der Waals surface area (Å²) in [5.41, 5.74) is 1.15. The van der Waals surface area contributed by atoms with Crippen LogP contribution in [0.4, 0.5) is 0 Å². The Morgan fingerprint density at radius 1 is 1.33 bits per heavy atom. The van der Waals surface area contributed by atoms with Gasteiger partial charge in [-0.05, 0) is 38.8 Å². The summed E-state index contributed by atoms with van der Waals surface area (Å²) in [4.78, 5) is 4.20. The van der Waals surface area contributed by atoms with Gasteiger partial charge in [-0.25, -0.2) is 0 Å². The second kappa shape index (κ2) is 9.86. The van der Waals surface area contributed by atoms with Crippen LogP contribution in [-0.2, 0) is 0 Å². The molecule has 0 aliphatic rings. The first-order valence-corrected chi connectivity index (χ1v) is 7.45. The van der Waals surface area contributed by atoms with Gasteiger partial charge in [0.15, 0.2) is 5.96 Å². The highest BCUT2D eigenvalue weighted by molar-refractivity contribution is 5.79. The molecule has 2 N–H and O–H groups in total. The number of nitrogens with one attached hydrogen (secondary N) is 2. The predicted octanol–water partition coefficient (Wildman–Crippen LogP) is 2.89. The van der Waals surface area contributed by atoms with Crippen LogP contribution in [0.15, 0.2) is 41.4 Å². The van der Waals surface area contributed by atoms with Crippen LogP contribution in [0.5, 0.6) is 5.75 Å². The van der Waals surface area contributed by atoms with E-state index in [0.29, 0.717) is 6.54 Å². The number of aryl methyl sites for hydroxylation is 1. The standard InChI is InChI=1S/C17H27N3O/c1-5-6-9-12-19-17(18-4)20-13-15(3)21-16-11-8-7-10-14(16)2/h5-8,10-11,15H,9,12-13H2,1-4H3,(H2,18,19,20)/b6-5+. The highest BCUT2D eigenvalue weighted by Gasteiger charge is 2.06. The summed E-state index contributed by atoms with van der Waals surface area (Å²) in [5.74, 6) is 1.74. The minimum Gasteiger partial charge on any atom is -0.489 e. The first-order valence-electron chi connectivity index (χ1n) is 7.45. The summed E-state index contributed by atoms with van der Waals surface area (Å²) in [5, 5.41) is 6.54. The van der Waals surface area contributed by atoms with E-state index in [1.54, 1.807) is 7.05 Å². The van der Waals surface area contributed by atoms with Gasteiger partial charge in [0.2, 0.25) is 0 Å². The summed E-state index contributed by atoms with van der Waals surface area (Å²) in [6, 6.07) is 8.05. The van der Waals surface area contributed by atoms with Gasteiger partial charge in [0.1, 0.15) is 11.9 Å². The molecule has 0 heterocycles. The highest BCUT2D eigenvalue weighted by Crippen LogP contribution is 2.17. The molecule has 0 fully saturated rings. The first kappa shape index (κ1) is 17.1. The Kier molecular flexibility index (Phi) is 8.02. The van der Waals surface area contributed by atoms with Crippen molar-refractivity contribution in [1.82, 2.24) is 10.6 Å². The van der Waals surface area contributed by atoms with Gasteiger partial charge in [0, 0.05) is 13.6 Å². The molecule has 4 nitrogen and oxygen atoms in total. The third kappa shape index (κ3) is 6.84. The van der Waals surface area contributed by atoms with Crippen molar-refractivity contribution in [2.24, 2.45) is 4.99 Å². The van der Waals surface area contributed by atoms with Crippen molar-refractivity contribution >= 4 is 5.96 Å². The molecular weight excluding hydrogens is 262 g/mol. The topological polar surface area (TPSA) is 45.7 Å². The second-order valence-electron chi connectivity index (χ2n) is 4.93. The predicted molar refractivity (Wildman–Crippen MR) is 90.1 cm³/mol. The molecule has 4 heteroatoms. The number of benzene rings is 1. The minimum absolute atomic E-state index is 0.0696. The molecule has 1 atom stereocenters. The molecule has 0 radical (unpaired) electrons. The van der Waals surface area contributed by atoms with Gasteiger partial charge in [-0.15, -0.1) is 0 Å². The number of guanidine groups is 1. The third-order valence-electron chi connectivity index (χ3n) is 3.04. The van der Waals surface area contributed by atoms with E-state index < -0.39 is 0 Å². The fraction of sp³-hybridized carbons (Fsp3) is 0.471. The van der Waals surface area contributed by atoms with E-state index in [4.69, 9.17) is 4.74 Å². The quantitative estimate of drug-likeness (QED) is 0.351. The highest BCUT2D eigenvalue weighted by atomic mass is 16.5. The van der Waals surface area contributed by atoms with Gasteiger partial charge in [0.25, 0.3) is 0 Å². The number of hydrogen-bond acceptors (Lipinski definition) is 2. The van der Waals surface area contributed by atoms with Gasteiger partial charge >= 0.3 is 0 Å². The summed E-state index contributed by atoms with van der Waals surface area (Å²) in [7, 11) is 1.78. The normalized spacial score (nSPS) is 13.2. The van der Waals surface area contributed by atoms with Crippen molar-refractivity contribution in [2.75, 3.05) is 20.1 Å². The Hall–Kier alpha value is -1.97.